The van der Waals surface area contributed by atoms with Gasteiger partial charge in [0.05, 0.1) is 25.5 Å². The van der Waals surface area contributed by atoms with E-state index in [2.05, 4.69) is 20.9 Å². The number of halogens is 2. The van der Waals surface area contributed by atoms with E-state index >= 15 is 0 Å². The van der Waals surface area contributed by atoms with Crippen molar-refractivity contribution in [2.24, 2.45) is 0 Å². The second-order valence-corrected chi connectivity index (χ2v) is 6.38. The number of alkyl halides is 1. The van der Waals surface area contributed by atoms with Crippen LogP contribution >= 0.6 is 15.9 Å². The van der Waals surface area contributed by atoms with Crippen LogP contribution in [0.5, 0.6) is 0 Å². The summed E-state index contributed by atoms with van der Waals surface area (Å²) in [7, 11) is -3.72. The lowest BCUT2D eigenvalue weighted by Gasteiger charge is -2.33. The molecule has 2 heterocycles. The van der Waals surface area contributed by atoms with Gasteiger partial charge in [-0.3, -0.25) is 4.98 Å². The first kappa shape index (κ1) is 13.9. The number of morpholine rings is 1. The molecule has 1 aromatic heterocycles. The first-order valence-electron chi connectivity index (χ1n) is 5.32. The molecule has 18 heavy (non-hydrogen) atoms. The molecule has 1 saturated heterocycles. The third kappa shape index (κ3) is 2.71. The molecule has 0 bridgehead atoms. The van der Waals surface area contributed by atoms with E-state index in [1.54, 1.807) is 0 Å². The lowest BCUT2D eigenvalue weighted by molar-refractivity contribution is 0.0413. The van der Waals surface area contributed by atoms with Crippen molar-refractivity contribution in [1.29, 1.82) is 0 Å². The van der Waals surface area contributed by atoms with Gasteiger partial charge in [0.15, 0.2) is 0 Å². The highest BCUT2D eigenvalue weighted by Crippen LogP contribution is 2.21. The van der Waals surface area contributed by atoms with Crippen molar-refractivity contribution in [3.05, 3.63) is 24.3 Å². The molecule has 0 saturated carbocycles. The molecular formula is C10H12BrFN2O3S. The molecular weight excluding hydrogens is 327 g/mol. The second-order valence-electron chi connectivity index (χ2n) is 3.84. The summed E-state index contributed by atoms with van der Waals surface area (Å²) in [6.45, 7) is 0.924. The Labute approximate surface area is 113 Å². The Kier molecular flexibility index (Phi) is 4.31. The fourth-order valence-corrected chi connectivity index (χ4v) is 4.04. The van der Waals surface area contributed by atoms with Crippen LogP contribution in [-0.2, 0) is 14.8 Å². The van der Waals surface area contributed by atoms with Gasteiger partial charge in [-0.25, -0.2) is 12.8 Å². The van der Waals surface area contributed by atoms with Crippen LogP contribution in [0.1, 0.15) is 0 Å². The molecule has 0 aromatic carbocycles. The molecule has 1 aromatic rings. The molecule has 1 unspecified atom stereocenters. The Morgan fingerprint density at radius 3 is 3.00 bits per heavy atom. The highest BCUT2D eigenvalue weighted by molar-refractivity contribution is 9.09. The van der Waals surface area contributed by atoms with E-state index in [-0.39, 0.29) is 17.5 Å². The van der Waals surface area contributed by atoms with Crippen LogP contribution in [0.25, 0.3) is 0 Å². The number of hydrogen-bond acceptors (Lipinski definition) is 4. The Bertz CT molecular complexity index is 526. The van der Waals surface area contributed by atoms with Crippen molar-refractivity contribution in [3.8, 4) is 0 Å². The molecule has 0 N–H and O–H groups in total. The smallest absolute Gasteiger partial charge is 0.245 e. The quantitative estimate of drug-likeness (QED) is 0.771. The first-order valence-corrected chi connectivity index (χ1v) is 7.88. The van der Waals surface area contributed by atoms with E-state index in [1.165, 1.54) is 4.31 Å². The molecule has 8 heteroatoms. The minimum Gasteiger partial charge on any atom is -0.378 e. The molecule has 0 aliphatic carbocycles. The number of nitrogens with zero attached hydrogens (tertiary/aromatic N) is 2. The van der Waals surface area contributed by atoms with Crippen molar-refractivity contribution < 1.29 is 17.5 Å². The highest BCUT2D eigenvalue weighted by atomic mass is 79.9. The predicted molar refractivity (Wildman–Crippen MR) is 66.5 cm³/mol. The third-order valence-electron chi connectivity index (χ3n) is 2.64. The molecule has 0 radical (unpaired) electrons. The number of pyridine rings is 1. The Hall–Kier alpha value is -0.570. The molecule has 0 amide bonds. The van der Waals surface area contributed by atoms with Crippen LogP contribution in [0.4, 0.5) is 4.39 Å². The molecule has 1 aliphatic heterocycles. The van der Waals surface area contributed by atoms with E-state index in [9.17, 15) is 12.8 Å². The zero-order chi connectivity index (χ0) is 13.2. The van der Waals surface area contributed by atoms with Crippen molar-refractivity contribution in [1.82, 2.24) is 9.29 Å². The molecule has 100 valence electrons. The largest absolute Gasteiger partial charge is 0.378 e. The molecule has 1 aliphatic rings. The van der Waals surface area contributed by atoms with Gasteiger partial charge in [-0.2, -0.15) is 4.31 Å². The summed E-state index contributed by atoms with van der Waals surface area (Å²) in [5, 5.41) is 0.467. The zero-order valence-electron chi connectivity index (χ0n) is 9.42. The maximum absolute atomic E-state index is 13.1. The SMILES string of the molecule is O=S(=O)(c1cncc(F)c1)N1CCOCC1CBr. The van der Waals surface area contributed by atoms with Gasteiger partial charge in [-0.15, -0.1) is 0 Å². The fourth-order valence-electron chi connectivity index (χ4n) is 1.75. The van der Waals surface area contributed by atoms with Crippen LogP contribution in [0.15, 0.2) is 23.4 Å². The van der Waals surface area contributed by atoms with Crippen LogP contribution in [0.2, 0.25) is 0 Å². The van der Waals surface area contributed by atoms with Crippen LogP contribution in [0, 0.1) is 5.82 Å². The summed E-state index contributed by atoms with van der Waals surface area (Å²) >= 11 is 3.26. The van der Waals surface area contributed by atoms with E-state index in [4.69, 9.17) is 4.74 Å². The monoisotopic (exact) mass is 338 g/mol. The average molecular weight is 339 g/mol. The zero-order valence-corrected chi connectivity index (χ0v) is 11.8. The Morgan fingerprint density at radius 1 is 1.56 bits per heavy atom. The van der Waals surface area contributed by atoms with Gasteiger partial charge in [0.2, 0.25) is 10.0 Å². The van der Waals surface area contributed by atoms with Gasteiger partial charge in [-0.05, 0) is 6.07 Å². The topological polar surface area (TPSA) is 59.5 Å². The van der Waals surface area contributed by atoms with Crippen molar-refractivity contribution >= 4 is 26.0 Å². The number of aromatic nitrogens is 1. The van der Waals surface area contributed by atoms with Gasteiger partial charge >= 0.3 is 0 Å². The highest BCUT2D eigenvalue weighted by Gasteiger charge is 2.33. The van der Waals surface area contributed by atoms with Crippen LogP contribution in [-0.4, -0.2) is 48.8 Å². The molecule has 2 rings (SSSR count). The van der Waals surface area contributed by atoms with Crippen LogP contribution < -0.4 is 0 Å². The third-order valence-corrected chi connectivity index (χ3v) is 5.30. The summed E-state index contributed by atoms with van der Waals surface area (Å²) in [5.41, 5.74) is 0. The number of ether oxygens (including phenoxy) is 1. The maximum atomic E-state index is 13.1. The predicted octanol–water partition coefficient (Wildman–Crippen LogP) is 1.01. The molecule has 0 spiro atoms. The summed E-state index contributed by atoms with van der Waals surface area (Å²) in [6, 6.07) is 0.690. The fraction of sp³-hybridized carbons (Fsp3) is 0.500. The minimum absolute atomic E-state index is 0.129. The lowest BCUT2D eigenvalue weighted by atomic mass is 10.3. The lowest BCUT2D eigenvalue weighted by Crippen LogP contribution is -2.49. The molecule has 1 atom stereocenters. The van der Waals surface area contributed by atoms with E-state index in [1.807, 2.05) is 0 Å². The summed E-state index contributed by atoms with van der Waals surface area (Å²) < 4.78 is 44.3. The molecule has 5 nitrogen and oxygen atoms in total. The second kappa shape index (κ2) is 5.60. The van der Waals surface area contributed by atoms with Gasteiger partial charge in [-0.1, -0.05) is 15.9 Å². The number of rotatable bonds is 3. The van der Waals surface area contributed by atoms with Crippen molar-refractivity contribution in [2.45, 2.75) is 10.9 Å². The standard InChI is InChI=1S/C10H12BrFN2O3S/c11-4-9-7-17-2-1-14(9)18(15,16)10-3-8(12)5-13-6-10/h3,5-6,9H,1-2,4,7H2. The normalized spacial score (nSPS) is 22.0. The number of sulfonamides is 1. The summed E-state index contributed by atoms with van der Waals surface area (Å²) in [5.74, 6) is -0.667. The first-order chi connectivity index (χ1) is 8.55. The summed E-state index contributed by atoms with van der Waals surface area (Å²) in [4.78, 5) is 3.44. The van der Waals surface area contributed by atoms with Gasteiger partial charge < -0.3 is 4.74 Å². The van der Waals surface area contributed by atoms with Crippen molar-refractivity contribution in [3.63, 3.8) is 0 Å². The van der Waals surface area contributed by atoms with E-state index in [0.29, 0.717) is 18.5 Å². The maximum Gasteiger partial charge on any atom is 0.245 e. The van der Waals surface area contributed by atoms with E-state index < -0.39 is 15.8 Å². The number of hydrogen-bond donors (Lipinski definition) is 0. The Morgan fingerprint density at radius 2 is 2.33 bits per heavy atom. The van der Waals surface area contributed by atoms with Gasteiger partial charge in [0.25, 0.3) is 0 Å². The van der Waals surface area contributed by atoms with Gasteiger partial charge in [0.1, 0.15) is 10.7 Å². The van der Waals surface area contributed by atoms with Crippen LogP contribution in [0.3, 0.4) is 0 Å². The summed E-state index contributed by atoms with van der Waals surface area (Å²) in [6.07, 6.45) is 2.12. The van der Waals surface area contributed by atoms with E-state index in [0.717, 1.165) is 18.5 Å². The van der Waals surface area contributed by atoms with Gasteiger partial charge in [0, 0.05) is 18.1 Å². The van der Waals surface area contributed by atoms with Crippen molar-refractivity contribution in [2.75, 3.05) is 25.1 Å². The minimum atomic E-state index is -3.72. The average Bonchev–Trinajstić information content (AvgIpc) is 2.38. The Balaban J connectivity index is 2.35. The molecule has 1 fully saturated rings.